The molecule has 2 fully saturated rings. The average molecular weight is 392 g/mol. The molecule has 6 nitrogen and oxygen atoms in total. The highest BCUT2D eigenvalue weighted by molar-refractivity contribution is 7.89. The summed E-state index contributed by atoms with van der Waals surface area (Å²) in [5.74, 6) is 1.27. The minimum atomic E-state index is -3.52. The lowest BCUT2D eigenvalue weighted by atomic mass is 10.0. The summed E-state index contributed by atoms with van der Waals surface area (Å²) in [7, 11) is 2.48. The fourth-order valence-corrected chi connectivity index (χ4v) is 6.58. The molecule has 27 heavy (non-hydrogen) atoms. The summed E-state index contributed by atoms with van der Waals surface area (Å²) in [4.78, 5) is 14.2. The van der Waals surface area contributed by atoms with E-state index in [0.717, 1.165) is 24.1 Å². The quantitative estimate of drug-likeness (QED) is 0.855. The zero-order chi connectivity index (χ0) is 19.3. The van der Waals surface area contributed by atoms with E-state index in [0.29, 0.717) is 35.6 Å². The monoisotopic (exact) mass is 391 g/mol. The summed E-state index contributed by atoms with van der Waals surface area (Å²) in [6, 6.07) is 5.80. The van der Waals surface area contributed by atoms with E-state index >= 15 is 0 Å². The minimum absolute atomic E-state index is 0.0104. The Balaban J connectivity index is 1.49. The summed E-state index contributed by atoms with van der Waals surface area (Å²) in [5.41, 5.74) is 1.64. The number of carbonyl (C=O) groups is 1. The maximum atomic E-state index is 13.2. The second-order valence-electron chi connectivity index (χ2n) is 8.62. The third kappa shape index (κ3) is 3.41. The first-order valence-corrected chi connectivity index (χ1v) is 11.3. The molecule has 4 rings (SSSR count). The van der Waals surface area contributed by atoms with Crippen LogP contribution in [0.25, 0.3) is 0 Å². The van der Waals surface area contributed by atoms with Crippen molar-refractivity contribution in [2.45, 2.75) is 55.5 Å². The first-order valence-electron chi connectivity index (χ1n) is 9.83. The van der Waals surface area contributed by atoms with Crippen LogP contribution in [0.3, 0.4) is 0 Å². The number of hydrogen-bond donors (Lipinski definition) is 1. The summed E-state index contributed by atoms with van der Waals surface area (Å²) in [6.45, 7) is 0. The highest BCUT2D eigenvalue weighted by Gasteiger charge is 2.45. The molecule has 148 valence electrons. The summed E-state index contributed by atoms with van der Waals surface area (Å²) >= 11 is 0. The van der Waals surface area contributed by atoms with Crippen LogP contribution in [0.1, 0.15) is 37.7 Å². The van der Waals surface area contributed by atoms with Crippen LogP contribution in [0.15, 0.2) is 23.1 Å². The molecule has 1 aromatic carbocycles. The van der Waals surface area contributed by atoms with Crippen molar-refractivity contribution in [1.29, 1.82) is 0 Å². The molecule has 7 heteroatoms. The average Bonchev–Trinajstić information content (AvgIpc) is 3.19. The Kier molecular flexibility index (Phi) is 4.81. The molecular weight excluding hydrogens is 362 g/mol. The van der Waals surface area contributed by atoms with Crippen molar-refractivity contribution >= 4 is 21.6 Å². The van der Waals surface area contributed by atoms with Gasteiger partial charge in [-0.15, -0.1) is 0 Å². The molecule has 2 unspecified atom stereocenters. The van der Waals surface area contributed by atoms with E-state index in [2.05, 4.69) is 24.3 Å². The van der Waals surface area contributed by atoms with E-state index in [1.54, 1.807) is 29.6 Å². The van der Waals surface area contributed by atoms with E-state index in [1.807, 2.05) is 0 Å². The van der Waals surface area contributed by atoms with Gasteiger partial charge in [-0.3, -0.25) is 4.79 Å². The van der Waals surface area contributed by atoms with E-state index in [4.69, 9.17) is 0 Å². The minimum Gasteiger partial charge on any atom is -0.326 e. The molecule has 1 aromatic rings. The molecule has 4 atom stereocenters. The Morgan fingerprint density at radius 1 is 0.963 bits per heavy atom. The molecule has 0 radical (unpaired) electrons. The Morgan fingerprint density at radius 2 is 1.59 bits per heavy atom. The SMILES string of the molecule is CN(C)C1C[C@@H]2CC(N(C)S(=O)(=O)c3ccc4c(c3)CCC(=O)N4)C[C@@H]2C1. The van der Waals surface area contributed by atoms with E-state index in [9.17, 15) is 13.2 Å². The fraction of sp³-hybridized carbons (Fsp3) is 0.650. The number of fused-ring (bicyclic) bond motifs is 2. The van der Waals surface area contributed by atoms with Crippen LogP contribution in [0.4, 0.5) is 5.69 Å². The Hall–Kier alpha value is -1.44. The fourth-order valence-electron chi connectivity index (χ4n) is 5.15. The van der Waals surface area contributed by atoms with Crippen LogP contribution in [0.5, 0.6) is 0 Å². The van der Waals surface area contributed by atoms with Crippen molar-refractivity contribution < 1.29 is 13.2 Å². The van der Waals surface area contributed by atoms with Crippen LogP contribution >= 0.6 is 0 Å². The van der Waals surface area contributed by atoms with Gasteiger partial charge >= 0.3 is 0 Å². The first-order chi connectivity index (χ1) is 12.8. The maximum Gasteiger partial charge on any atom is 0.243 e. The number of rotatable bonds is 4. The number of nitrogens with zero attached hydrogens (tertiary/aromatic N) is 2. The number of amides is 1. The second-order valence-corrected chi connectivity index (χ2v) is 10.6. The van der Waals surface area contributed by atoms with Gasteiger partial charge in [-0.1, -0.05) is 0 Å². The first kappa shape index (κ1) is 18.9. The van der Waals surface area contributed by atoms with Crippen LogP contribution in [0, 0.1) is 11.8 Å². The van der Waals surface area contributed by atoms with Gasteiger partial charge in [0.2, 0.25) is 15.9 Å². The maximum absolute atomic E-state index is 13.2. The zero-order valence-corrected chi connectivity index (χ0v) is 17.1. The number of aryl methyl sites for hydroxylation is 1. The van der Waals surface area contributed by atoms with E-state index < -0.39 is 10.0 Å². The Bertz CT molecular complexity index is 838. The molecule has 0 saturated heterocycles. The van der Waals surface area contributed by atoms with Crippen molar-refractivity contribution in [2.75, 3.05) is 26.5 Å². The Morgan fingerprint density at radius 3 is 2.22 bits per heavy atom. The van der Waals surface area contributed by atoms with Gasteiger partial charge in [-0.25, -0.2) is 8.42 Å². The zero-order valence-electron chi connectivity index (χ0n) is 16.3. The lowest BCUT2D eigenvalue weighted by Crippen LogP contribution is -2.36. The normalized spacial score (nSPS) is 30.5. The summed E-state index contributed by atoms with van der Waals surface area (Å²) < 4.78 is 28.0. The van der Waals surface area contributed by atoms with Crippen molar-refractivity contribution in [3.05, 3.63) is 23.8 Å². The van der Waals surface area contributed by atoms with Gasteiger partial charge in [-0.2, -0.15) is 4.31 Å². The highest BCUT2D eigenvalue weighted by Crippen LogP contribution is 2.47. The van der Waals surface area contributed by atoms with Gasteiger partial charge in [0.15, 0.2) is 0 Å². The number of hydrogen-bond acceptors (Lipinski definition) is 4. The van der Waals surface area contributed by atoms with Crippen molar-refractivity contribution in [1.82, 2.24) is 9.21 Å². The number of sulfonamides is 1. The molecule has 1 heterocycles. The van der Waals surface area contributed by atoms with Gasteiger partial charge in [0.1, 0.15) is 0 Å². The van der Waals surface area contributed by atoms with Crippen LogP contribution in [-0.2, 0) is 21.2 Å². The second kappa shape index (κ2) is 6.87. The molecule has 0 aromatic heterocycles. The van der Waals surface area contributed by atoms with Gasteiger partial charge in [0, 0.05) is 31.2 Å². The van der Waals surface area contributed by atoms with E-state index in [1.165, 1.54) is 12.8 Å². The molecule has 2 aliphatic carbocycles. The van der Waals surface area contributed by atoms with Crippen molar-refractivity contribution in [2.24, 2.45) is 11.8 Å². The number of carbonyl (C=O) groups excluding carboxylic acids is 1. The van der Waals surface area contributed by atoms with Gasteiger partial charge < -0.3 is 10.2 Å². The van der Waals surface area contributed by atoms with Gasteiger partial charge in [0.25, 0.3) is 0 Å². The predicted molar refractivity (Wildman–Crippen MR) is 105 cm³/mol. The topological polar surface area (TPSA) is 69.7 Å². The Labute approximate surface area is 162 Å². The molecule has 3 aliphatic rings. The van der Waals surface area contributed by atoms with Crippen molar-refractivity contribution in [3.63, 3.8) is 0 Å². The third-order valence-electron chi connectivity index (χ3n) is 6.86. The number of nitrogens with one attached hydrogen (secondary N) is 1. The van der Waals surface area contributed by atoms with Crippen LogP contribution < -0.4 is 5.32 Å². The van der Waals surface area contributed by atoms with Gasteiger partial charge in [-0.05, 0) is 81.8 Å². The molecular formula is C20H29N3O3S. The van der Waals surface area contributed by atoms with Crippen LogP contribution in [-0.4, -0.2) is 56.8 Å². The lowest BCUT2D eigenvalue weighted by molar-refractivity contribution is -0.116. The largest absolute Gasteiger partial charge is 0.326 e. The summed E-state index contributed by atoms with van der Waals surface area (Å²) in [5, 5.41) is 2.81. The van der Waals surface area contributed by atoms with E-state index in [-0.39, 0.29) is 11.9 Å². The molecule has 1 aliphatic heterocycles. The smallest absolute Gasteiger partial charge is 0.243 e. The molecule has 0 spiro atoms. The van der Waals surface area contributed by atoms with Gasteiger partial charge in [0.05, 0.1) is 4.90 Å². The van der Waals surface area contributed by atoms with Crippen molar-refractivity contribution in [3.8, 4) is 0 Å². The highest BCUT2D eigenvalue weighted by atomic mass is 32.2. The molecule has 1 amide bonds. The predicted octanol–water partition coefficient (Wildman–Crippen LogP) is 2.31. The van der Waals surface area contributed by atoms with Crippen LogP contribution in [0.2, 0.25) is 0 Å². The number of anilines is 1. The third-order valence-corrected chi connectivity index (χ3v) is 8.77. The number of benzene rings is 1. The lowest BCUT2D eigenvalue weighted by Gasteiger charge is -2.27. The standard InChI is InChI=1S/C20H29N3O3S/c1-22(2)16-8-14-10-17(11-15(14)9-16)23(3)27(25,26)18-5-6-19-13(12-18)4-7-20(24)21-19/h5-6,12,14-17H,4,7-11H2,1-3H3,(H,21,24)/t14-,15+,16?,17?. The summed E-state index contributed by atoms with van der Waals surface area (Å²) in [6.07, 6.45) is 5.29. The molecule has 2 saturated carbocycles. The molecule has 1 N–H and O–H groups in total. The molecule has 0 bridgehead atoms.